The quantitative estimate of drug-likeness (QED) is 0.259. The summed E-state index contributed by atoms with van der Waals surface area (Å²) in [6.07, 6.45) is 0.993. The van der Waals surface area contributed by atoms with Crippen molar-refractivity contribution in [1.82, 2.24) is 15.0 Å². The zero-order chi connectivity index (χ0) is 24.6. The maximum atomic E-state index is 4.85. The van der Waals surface area contributed by atoms with Crippen LogP contribution in [-0.2, 0) is 6.42 Å². The first-order valence-electron chi connectivity index (χ1n) is 12.5. The summed E-state index contributed by atoms with van der Waals surface area (Å²) in [4.78, 5) is 14.5. The summed E-state index contributed by atoms with van der Waals surface area (Å²) in [5.74, 6) is 2.02. The number of aromatic nitrogens is 3. The van der Waals surface area contributed by atoms with Gasteiger partial charge in [0.15, 0.2) is 17.5 Å². The normalized spacial score (nSPS) is 11.7. The monoisotopic (exact) mass is 473 g/mol. The highest BCUT2D eigenvalue weighted by Gasteiger charge is 2.18. The summed E-state index contributed by atoms with van der Waals surface area (Å²) in [6, 6.07) is 44.2. The lowest BCUT2D eigenvalue weighted by Crippen LogP contribution is -2.00. The third-order valence-corrected chi connectivity index (χ3v) is 6.97. The van der Waals surface area contributed by atoms with Crippen LogP contribution in [0.3, 0.4) is 0 Å². The van der Waals surface area contributed by atoms with E-state index in [1.54, 1.807) is 0 Å². The molecule has 0 aliphatic heterocycles. The molecule has 5 aromatic carbocycles. The van der Waals surface area contributed by atoms with Gasteiger partial charge in [0.2, 0.25) is 0 Å². The zero-order valence-electron chi connectivity index (χ0n) is 20.2. The van der Waals surface area contributed by atoms with Crippen LogP contribution in [0, 0.1) is 0 Å². The minimum atomic E-state index is 0.670. The maximum absolute atomic E-state index is 4.85. The van der Waals surface area contributed by atoms with Crippen molar-refractivity contribution in [2.45, 2.75) is 6.42 Å². The van der Waals surface area contributed by atoms with Crippen LogP contribution in [0.1, 0.15) is 11.1 Å². The van der Waals surface area contributed by atoms with Gasteiger partial charge in [0.25, 0.3) is 0 Å². The highest BCUT2D eigenvalue weighted by Crippen LogP contribution is 2.38. The number of rotatable bonds is 4. The molecule has 1 aliphatic carbocycles. The molecule has 37 heavy (non-hydrogen) atoms. The van der Waals surface area contributed by atoms with Crippen molar-refractivity contribution in [3.63, 3.8) is 0 Å². The second-order valence-corrected chi connectivity index (χ2v) is 9.32. The summed E-state index contributed by atoms with van der Waals surface area (Å²) in [6.45, 7) is 0. The van der Waals surface area contributed by atoms with Crippen molar-refractivity contribution in [3.05, 3.63) is 139 Å². The van der Waals surface area contributed by atoms with Gasteiger partial charge in [-0.3, -0.25) is 0 Å². The van der Waals surface area contributed by atoms with Crippen molar-refractivity contribution in [1.29, 1.82) is 0 Å². The van der Waals surface area contributed by atoms with E-state index in [0.29, 0.717) is 17.5 Å². The van der Waals surface area contributed by atoms with Crippen LogP contribution in [0.2, 0.25) is 0 Å². The van der Waals surface area contributed by atoms with Crippen LogP contribution < -0.4 is 0 Å². The first-order chi connectivity index (χ1) is 18.3. The number of fused-ring (bicyclic) bond motifs is 3. The highest BCUT2D eigenvalue weighted by molar-refractivity contribution is 5.80. The molecule has 6 aromatic rings. The minimum Gasteiger partial charge on any atom is -0.208 e. The molecule has 0 amide bonds. The van der Waals surface area contributed by atoms with Gasteiger partial charge in [0.1, 0.15) is 0 Å². The van der Waals surface area contributed by atoms with Gasteiger partial charge in [-0.2, -0.15) is 0 Å². The number of nitrogens with zero attached hydrogens (tertiary/aromatic N) is 3. The molecule has 0 saturated heterocycles. The molecule has 1 aromatic heterocycles. The zero-order valence-corrected chi connectivity index (χ0v) is 20.2. The number of hydrogen-bond acceptors (Lipinski definition) is 3. The Morgan fingerprint density at radius 2 is 0.811 bits per heavy atom. The Bertz CT molecular complexity index is 1670. The minimum absolute atomic E-state index is 0.670. The van der Waals surface area contributed by atoms with E-state index in [1.165, 1.54) is 33.4 Å². The van der Waals surface area contributed by atoms with Crippen LogP contribution in [0.4, 0.5) is 0 Å². The summed E-state index contributed by atoms with van der Waals surface area (Å²) in [5, 5.41) is 0. The topological polar surface area (TPSA) is 38.7 Å². The molecule has 0 spiro atoms. The molecule has 1 heterocycles. The Morgan fingerprint density at radius 3 is 1.43 bits per heavy atom. The number of benzene rings is 5. The second kappa shape index (κ2) is 8.96. The summed E-state index contributed by atoms with van der Waals surface area (Å²) in [5.41, 5.74) is 10.8. The fraction of sp³-hybridized carbons (Fsp3) is 0.0294. The average Bonchev–Trinajstić information content (AvgIpc) is 3.36. The van der Waals surface area contributed by atoms with Gasteiger partial charge >= 0.3 is 0 Å². The van der Waals surface area contributed by atoms with Crippen LogP contribution in [0.25, 0.3) is 56.4 Å². The Labute approximate surface area is 216 Å². The molecule has 3 nitrogen and oxygen atoms in total. The second-order valence-electron chi connectivity index (χ2n) is 9.32. The molecule has 0 saturated carbocycles. The average molecular weight is 474 g/mol. The fourth-order valence-corrected chi connectivity index (χ4v) is 5.07. The van der Waals surface area contributed by atoms with E-state index in [0.717, 1.165) is 23.1 Å². The molecule has 1 aliphatic rings. The Balaban J connectivity index is 1.26. The van der Waals surface area contributed by atoms with E-state index < -0.39 is 0 Å². The van der Waals surface area contributed by atoms with Crippen molar-refractivity contribution in [2.75, 3.05) is 0 Å². The van der Waals surface area contributed by atoms with Gasteiger partial charge in [-0.25, -0.2) is 15.0 Å². The molecule has 0 unspecified atom stereocenters. The van der Waals surface area contributed by atoms with E-state index in [9.17, 15) is 0 Å². The Kier molecular flexibility index (Phi) is 5.18. The molecule has 174 valence electrons. The van der Waals surface area contributed by atoms with Crippen LogP contribution in [0.15, 0.2) is 127 Å². The summed E-state index contributed by atoms with van der Waals surface area (Å²) < 4.78 is 0. The van der Waals surface area contributed by atoms with Gasteiger partial charge in [-0.15, -0.1) is 0 Å². The van der Waals surface area contributed by atoms with Gasteiger partial charge in [0, 0.05) is 16.7 Å². The summed E-state index contributed by atoms with van der Waals surface area (Å²) in [7, 11) is 0. The molecule has 0 radical (unpaired) electrons. The van der Waals surface area contributed by atoms with Gasteiger partial charge in [-0.05, 0) is 39.8 Å². The van der Waals surface area contributed by atoms with Crippen molar-refractivity contribution < 1.29 is 0 Å². The predicted molar refractivity (Wildman–Crippen MR) is 150 cm³/mol. The third kappa shape index (κ3) is 4.01. The smallest absolute Gasteiger partial charge is 0.164 e. The largest absolute Gasteiger partial charge is 0.208 e. The fourth-order valence-electron chi connectivity index (χ4n) is 5.07. The van der Waals surface area contributed by atoms with E-state index in [2.05, 4.69) is 66.7 Å². The van der Waals surface area contributed by atoms with Crippen LogP contribution in [-0.4, -0.2) is 15.0 Å². The van der Waals surface area contributed by atoms with E-state index in [-0.39, 0.29) is 0 Å². The van der Waals surface area contributed by atoms with Gasteiger partial charge in [-0.1, -0.05) is 127 Å². The third-order valence-electron chi connectivity index (χ3n) is 6.97. The molecule has 3 heteroatoms. The van der Waals surface area contributed by atoms with E-state index in [4.69, 9.17) is 15.0 Å². The lowest BCUT2D eigenvalue weighted by Gasteiger charge is -2.10. The number of hydrogen-bond donors (Lipinski definition) is 0. The standard InChI is InChI=1S/C34H23N3/c1-3-9-24(10-4-1)32-35-33(25-11-5-2-6-12-25)37-34(36-32)26-17-15-23(16-18-26)27-19-20-31-29(21-27)22-28-13-7-8-14-30(28)31/h1-21H,22H2. The molecule has 0 bridgehead atoms. The van der Waals surface area contributed by atoms with Crippen molar-refractivity contribution >= 4 is 0 Å². The Morgan fingerprint density at radius 1 is 0.351 bits per heavy atom. The maximum Gasteiger partial charge on any atom is 0.164 e. The molecule has 0 fully saturated rings. The van der Waals surface area contributed by atoms with Crippen LogP contribution >= 0.6 is 0 Å². The first-order valence-corrected chi connectivity index (χ1v) is 12.5. The first kappa shape index (κ1) is 21.4. The van der Waals surface area contributed by atoms with Crippen molar-refractivity contribution in [2.24, 2.45) is 0 Å². The predicted octanol–water partition coefficient (Wildman–Crippen LogP) is 8.11. The molecular weight excluding hydrogens is 450 g/mol. The SMILES string of the molecule is c1ccc(-c2nc(-c3ccccc3)nc(-c3ccc(-c4ccc5c(c4)Cc4ccccc4-5)cc3)n2)cc1. The van der Waals surface area contributed by atoms with Crippen molar-refractivity contribution in [3.8, 4) is 56.4 Å². The molecular formula is C34H23N3. The molecule has 0 N–H and O–H groups in total. The van der Waals surface area contributed by atoms with E-state index >= 15 is 0 Å². The molecule has 7 rings (SSSR count). The van der Waals surface area contributed by atoms with Gasteiger partial charge < -0.3 is 0 Å². The lowest BCUT2D eigenvalue weighted by molar-refractivity contribution is 1.07. The lowest BCUT2D eigenvalue weighted by atomic mass is 9.98. The van der Waals surface area contributed by atoms with Crippen LogP contribution in [0.5, 0.6) is 0 Å². The highest BCUT2D eigenvalue weighted by atomic mass is 15.0. The molecule has 0 atom stereocenters. The van der Waals surface area contributed by atoms with Gasteiger partial charge in [0.05, 0.1) is 0 Å². The van der Waals surface area contributed by atoms with E-state index in [1.807, 2.05) is 60.7 Å². The summed E-state index contributed by atoms with van der Waals surface area (Å²) >= 11 is 0. The Hall–Kier alpha value is -4.89.